The fourth-order valence-electron chi connectivity index (χ4n) is 9.81. The summed E-state index contributed by atoms with van der Waals surface area (Å²) in [7, 11) is 0. The molecule has 0 aromatic carbocycles. The van der Waals surface area contributed by atoms with Crippen LogP contribution in [-0.2, 0) is 4.74 Å². The lowest BCUT2D eigenvalue weighted by Crippen LogP contribution is -2.51. The second-order valence-corrected chi connectivity index (χ2v) is 15.4. The minimum absolute atomic E-state index is 0.0537. The molecule has 0 spiro atoms. The van der Waals surface area contributed by atoms with Crippen LogP contribution < -0.4 is 5.32 Å². The van der Waals surface area contributed by atoms with Crippen LogP contribution in [0.2, 0.25) is 0 Å². The van der Waals surface area contributed by atoms with Gasteiger partial charge in [0.25, 0.3) is 0 Å². The van der Waals surface area contributed by atoms with Gasteiger partial charge in [0.15, 0.2) is 0 Å². The van der Waals surface area contributed by atoms with Crippen molar-refractivity contribution in [1.82, 2.24) is 5.32 Å². The summed E-state index contributed by atoms with van der Waals surface area (Å²) in [4.78, 5) is 12.5. The zero-order valence-corrected chi connectivity index (χ0v) is 26.1. The van der Waals surface area contributed by atoms with E-state index in [1.807, 2.05) is 0 Å². The molecule has 3 fully saturated rings. The number of hydrogen-bond donors (Lipinski definition) is 1. The van der Waals surface area contributed by atoms with Crippen molar-refractivity contribution in [3.8, 4) is 0 Å². The predicted molar refractivity (Wildman–Crippen MR) is 160 cm³/mol. The summed E-state index contributed by atoms with van der Waals surface area (Å²) >= 11 is 0. The van der Waals surface area contributed by atoms with Crippen LogP contribution in [0.1, 0.15) is 138 Å². The van der Waals surface area contributed by atoms with Crippen LogP contribution in [0.15, 0.2) is 11.6 Å². The maximum atomic E-state index is 12.5. The number of amides is 1. The number of hydrogen-bond acceptors (Lipinski definition) is 2. The smallest absolute Gasteiger partial charge is 0.407 e. The van der Waals surface area contributed by atoms with E-state index >= 15 is 0 Å². The van der Waals surface area contributed by atoms with Crippen LogP contribution >= 0.6 is 0 Å². The first-order valence-corrected chi connectivity index (χ1v) is 16.7. The van der Waals surface area contributed by atoms with Crippen LogP contribution in [0.3, 0.4) is 0 Å². The number of allylic oxidation sites excluding steroid dienone is 1. The standard InChI is InChI=1S/C35H61NO2/c1-24(2)11-8-9-22-36-33(37)38-28-18-20-34(6)27(23-28)14-15-29-31-17-16-30(26(5)13-10-12-25(3)4)35(31,7)21-19-32(29)34/h14,24-26,28-32H,8-13,15-23H2,1-7H3,(H,36,37)/t26-,28+,29?,30-,31?,32?,34+,35-/m1/s1. The van der Waals surface area contributed by atoms with Crippen molar-refractivity contribution in [2.45, 2.75) is 144 Å². The number of unbranched alkanes of at least 4 members (excludes halogenated alkanes) is 1. The lowest BCUT2D eigenvalue weighted by Gasteiger charge is -2.58. The highest BCUT2D eigenvalue weighted by Gasteiger charge is 2.59. The molecule has 218 valence electrons. The zero-order chi connectivity index (χ0) is 27.5. The fraction of sp³-hybridized carbons (Fsp3) is 0.914. The molecular formula is C35H61NO2. The van der Waals surface area contributed by atoms with Crippen molar-refractivity contribution in [3.63, 3.8) is 0 Å². The van der Waals surface area contributed by atoms with Gasteiger partial charge in [0, 0.05) is 13.0 Å². The van der Waals surface area contributed by atoms with E-state index in [1.165, 1.54) is 70.6 Å². The molecule has 0 saturated heterocycles. The average Bonchev–Trinajstić information content (AvgIpc) is 3.21. The third-order valence-corrected chi connectivity index (χ3v) is 12.0. The second kappa shape index (κ2) is 12.7. The van der Waals surface area contributed by atoms with Crippen LogP contribution in [0.4, 0.5) is 4.79 Å². The molecule has 8 atom stereocenters. The van der Waals surface area contributed by atoms with E-state index in [-0.39, 0.29) is 12.2 Å². The van der Waals surface area contributed by atoms with Crippen molar-refractivity contribution < 1.29 is 9.53 Å². The second-order valence-electron chi connectivity index (χ2n) is 15.4. The summed E-state index contributed by atoms with van der Waals surface area (Å²) in [6.45, 7) is 17.8. The Kier molecular flexibility index (Phi) is 10.0. The summed E-state index contributed by atoms with van der Waals surface area (Å²) < 4.78 is 5.93. The van der Waals surface area contributed by atoms with Crippen molar-refractivity contribution in [2.24, 2.45) is 52.3 Å². The van der Waals surface area contributed by atoms with Crippen molar-refractivity contribution in [1.29, 1.82) is 0 Å². The molecule has 4 aliphatic rings. The van der Waals surface area contributed by atoms with Crippen molar-refractivity contribution in [3.05, 3.63) is 11.6 Å². The van der Waals surface area contributed by atoms with Gasteiger partial charge in [-0.25, -0.2) is 4.79 Å². The number of carbonyl (C=O) groups excluding carboxylic acids is 1. The predicted octanol–water partition coefficient (Wildman–Crippen LogP) is 9.95. The Bertz CT molecular complexity index is 817. The fourth-order valence-corrected chi connectivity index (χ4v) is 9.81. The number of carbonyl (C=O) groups is 1. The number of rotatable bonds is 11. The minimum atomic E-state index is -0.203. The topological polar surface area (TPSA) is 38.3 Å². The molecule has 0 bridgehead atoms. The third-order valence-electron chi connectivity index (χ3n) is 12.0. The molecule has 4 aliphatic carbocycles. The summed E-state index contributed by atoms with van der Waals surface area (Å²) in [6, 6.07) is 0. The summed E-state index contributed by atoms with van der Waals surface area (Å²) in [5, 5.41) is 3.01. The van der Waals surface area contributed by atoms with E-state index in [1.54, 1.807) is 5.57 Å². The monoisotopic (exact) mass is 527 g/mol. The molecule has 3 nitrogen and oxygen atoms in total. The average molecular weight is 528 g/mol. The van der Waals surface area contributed by atoms with E-state index in [2.05, 4.69) is 59.9 Å². The first-order valence-electron chi connectivity index (χ1n) is 16.7. The quantitative estimate of drug-likeness (QED) is 0.214. The molecule has 4 rings (SSSR count). The van der Waals surface area contributed by atoms with Gasteiger partial charge < -0.3 is 10.1 Å². The molecule has 0 aromatic rings. The molecule has 3 unspecified atom stereocenters. The van der Waals surface area contributed by atoms with Crippen molar-refractivity contribution in [2.75, 3.05) is 6.54 Å². The first-order chi connectivity index (χ1) is 18.0. The Hall–Kier alpha value is -0.990. The van der Waals surface area contributed by atoms with Gasteiger partial charge in [0.05, 0.1) is 0 Å². The Balaban J connectivity index is 1.32. The van der Waals surface area contributed by atoms with Gasteiger partial charge in [0.1, 0.15) is 6.10 Å². The first kappa shape index (κ1) is 30.0. The highest BCUT2D eigenvalue weighted by molar-refractivity contribution is 5.67. The van der Waals surface area contributed by atoms with Gasteiger partial charge in [-0.1, -0.05) is 92.2 Å². The molecule has 3 saturated carbocycles. The Morgan fingerprint density at radius 1 is 0.921 bits per heavy atom. The maximum absolute atomic E-state index is 12.5. The summed E-state index contributed by atoms with van der Waals surface area (Å²) in [5.41, 5.74) is 2.48. The van der Waals surface area contributed by atoms with Gasteiger partial charge in [0.2, 0.25) is 0 Å². The van der Waals surface area contributed by atoms with E-state index in [9.17, 15) is 4.79 Å². The van der Waals surface area contributed by atoms with E-state index in [0.29, 0.717) is 10.8 Å². The van der Waals surface area contributed by atoms with Crippen LogP contribution in [0, 0.1) is 52.3 Å². The molecule has 1 N–H and O–H groups in total. The van der Waals surface area contributed by atoms with Crippen molar-refractivity contribution >= 4 is 6.09 Å². The van der Waals surface area contributed by atoms with Crippen LogP contribution in [0.25, 0.3) is 0 Å². The van der Waals surface area contributed by atoms with Gasteiger partial charge in [-0.2, -0.15) is 0 Å². The molecule has 38 heavy (non-hydrogen) atoms. The van der Waals surface area contributed by atoms with Gasteiger partial charge in [-0.15, -0.1) is 0 Å². The zero-order valence-electron chi connectivity index (χ0n) is 26.1. The van der Waals surface area contributed by atoms with E-state index in [0.717, 1.165) is 67.2 Å². The highest BCUT2D eigenvalue weighted by atomic mass is 16.6. The minimum Gasteiger partial charge on any atom is -0.446 e. The van der Waals surface area contributed by atoms with Gasteiger partial charge >= 0.3 is 6.09 Å². The van der Waals surface area contributed by atoms with Crippen LogP contribution in [-0.4, -0.2) is 18.7 Å². The Morgan fingerprint density at radius 2 is 1.66 bits per heavy atom. The van der Waals surface area contributed by atoms with Gasteiger partial charge in [-0.05, 0) is 104 Å². The van der Waals surface area contributed by atoms with E-state index in [4.69, 9.17) is 4.74 Å². The lowest BCUT2D eigenvalue weighted by atomic mass is 9.47. The number of nitrogens with one attached hydrogen (secondary N) is 1. The highest BCUT2D eigenvalue weighted by Crippen LogP contribution is 2.67. The third kappa shape index (κ3) is 6.49. The molecular weight excluding hydrogens is 466 g/mol. The molecule has 0 aromatic heterocycles. The molecule has 0 radical (unpaired) electrons. The molecule has 0 heterocycles. The lowest BCUT2D eigenvalue weighted by molar-refractivity contribution is -0.0581. The maximum Gasteiger partial charge on any atom is 0.407 e. The molecule has 3 heteroatoms. The number of fused-ring (bicyclic) bond motifs is 5. The summed E-state index contributed by atoms with van der Waals surface area (Å²) in [6.07, 6.45) is 20.3. The SMILES string of the molecule is CC(C)CCCCNC(=O)O[C@H]1CC[C@@]2(C)C(=CCC3C2CC[C@@]2(C)C3CC[C@@H]2[C@H](C)CCCC(C)C)C1. The normalized spacial score (nSPS) is 37.3. The van der Waals surface area contributed by atoms with E-state index < -0.39 is 0 Å². The van der Waals surface area contributed by atoms with Gasteiger partial charge in [-0.3, -0.25) is 0 Å². The Labute approximate surface area is 235 Å². The number of alkyl carbamates (subject to hydrolysis) is 1. The molecule has 1 amide bonds. The largest absolute Gasteiger partial charge is 0.446 e. The van der Waals surface area contributed by atoms with Crippen LogP contribution in [0.5, 0.6) is 0 Å². The molecule has 0 aliphatic heterocycles. The Morgan fingerprint density at radius 3 is 2.39 bits per heavy atom. The number of ether oxygens (including phenoxy) is 1. The summed E-state index contributed by atoms with van der Waals surface area (Å²) in [5.74, 6) is 5.96.